The van der Waals surface area contributed by atoms with E-state index in [1.54, 1.807) is 12.1 Å². The van der Waals surface area contributed by atoms with Crippen molar-refractivity contribution in [3.63, 3.8) is 0 Å². The molecule has 30 heavy (non-hydrogen) atoms. The first kappa shape index (κ1) is 22.6. The van der Waals surface area contributed by atoms with Crippen molar-refractivity contribution in [3.05, 3.63) is 70.6 Å². The molecule has 0 aliphatic carbocycles. The van der Waals surface area contributed by atoms with Crippen LogP contribution in [0.25, 0.3) is 10.4 Å². The highest BCUT2D eigenvalue weighted by Gasteiger charge is 2.45. The van der Waals surface area contributed by atoms with Gasteiger partial charge in [-0.1, -0.05) is 52.8 Å². The van der Waals surface area contributed by atoms with Crippen molar-refractivity contribution < 1.29 is 27.6 Å². The standard InChI is InChI=1S/C19H21N3O6S2/c1-12-7-9-14(10-8-12)30(25,26)27-11-15-17(23)18(24)16(21-22-20)19(28-15)29-13-5-3-2-4-6-13/h2-10,15-19,23-24H,11H2,1H3. The maximum atomic E-state index is 12.4. The van der Waals surface area contributed by atoms with Gasteiger partial charge in [-0.3, -0.25) is 4.18 Å². The number of rotatable bonds is 7. The lowest BCUT2D eigenvalue weighted by atomic mass is 9.99. The number of azide groups is 1. The number of nitrogens with zero attached hydrogens (tertiary/aromatic N) is 3. The Morgan fingerprint density at radius 1 is 1.13 bits per heavy atom. The molecular formula is C19H21N3O6S2. The van der Waals surface area contributed by atoms with Gasteiger partial charge >= 0.3 is 0 Å². The van der Waals surface area contributed by atoms with Gasteiger partial charge in [0.05, 0.1) is 17.6 Å². The summed E-state index contributed by atoms with van der Waals surface area (Å²) in [4.78, 5) is 3.49. The lowest BCUT2D eigenvalue weighted by molar-refractivity contribution is -0.162. The minimum absolute atomic E-state index is 0.0267. The number of benzene rings is 2. The fraction of sp³-hybridized carbons (Fsp3) is 0.368. The predicted octanol–water partition coefficient (Wildman–Crippen LogP) is 2.62. The minimum atomic E-state index is -4.08. The summed E-state index contributed by atoms with van der Waals surface area (Å²) < 4.78 is 35.7. The second kappa shape index (κ2) is 9.80. The molecule has 2 aromatic rings. The second-order valence-electron chi connectivity index (χ2n) is 6.70. The van der Waals surface area contributed by atoms with Crippen LogP contribution in [-0.2, 0) is 19.0 Å². The molecule has 1 heterocycles. The first-order valence-electron chi connectivity index (χ1n) is 9.05. The Kier molecular flexibility index (Phi) is 7.37. The fourth-order valence-corrected chi connectivity index (χ4v) is 4.95. The first-order valence-corrected chi connectivity index (χ1v) is 11.3. The van der Waals surface area contributed by atoms with Gasteiger partial charge in [-0.15, -0.1) is 0 Å². The normalized spacial score (nSPS) is 26.7. The summed E-state index contributed by atoms with van der Waals surface area (Å²) in [6, 6.07) is 14.1. The van der Waals surface area contributed by atoms with Crippen molar-refractivity contribution in [3.8, 4) is 0 Å². The Bertz CT molecular complexity index is 997. The van der Waals surface area contributed by atoms with Gasteiger partial charge in [-0.05, 0) is 36.7 Å². The maximum absolute atomic E-state index is 12.4. The highest BCUT2D eigenvalue weighted by Crippen LogP contribution is 2.35. The predicted molar refractivity (Wildman–Crippen MR) is 110 cm³/mol. The Morgan fingerprint density at radius 3 is 2.43 bits per heavy atom. The van der Waals surface area contributed by atoms with Crippen LogP contribution in [0.5, 0.6) is 0 Å². The van der Waals surface area contributed by atoms with E-state index < -0.39 is 46.5 Å². The van der Waals surface area contributed by atoms with Crippen molar-refractivity contribution in [2.24, 2.45) is 5.11 Å². The topological polar surface area (TPSA) is 142 Å². The van der Waals surface area contributed by atoms with Gasteiger partial charge in [0.15, 0.2) is 0 Å². The number of hydrogen-bond acceptors (Lipinski definition) is 8. The van der Waals surface area contributed by atoms with Crippen LogP contribution >= 0.6 is 11.8 Å². The van der Waals surface area contributed by atoms with E-state index in [0.717, 1.165) is 10.5 Å². The molecule has 5 atom stereocenters. The van der Waals surface area contributed by atoms with Gasteiger partial charge in [0.1, 0.15) is 23.7 Å². The number of aliphatic hydroxyl groups is 2. The summed E-state index contributed by atoms with van der Waals surface area (Å²) in [5, 5.41) is 24.4. The highest BCUT2D eigenvalue weighted by atomic mass is 32.2. The average Bonchev–Trinajstić information content (AvgIpc) is 2.73. The molecule has 2 aromatic carbocycles. The molecule has 9 nitrogen and oxygen atoms in total. The molecule has 0 amide bonds. The molecule has 0 aromatic heterocycles. The summed E-state index contributed by atoms with van der Waals surface area (Å²) >= 11 is 1.19. The van der Waals surface area contributed by atoms with Gasteiger partial charge in [-0.2, -0.15) is 8.42 Å². The molecule has 5 unspecified atom stereocenters. The van der Waals surface area contributed by atoms with Crippen LogP contribution in [0.2, 0.25) is 0 Å². The largest absolute Gasteiger partial charge is 0.390 e. The van der Waals surface area contributed by atoms with E-state index >= 15 is 0 Å². The fourth-order valence-electron chi connectivity index (χ4n) is 2.90. The maximum Gasteiger partial charge on any atom is 0.297 e. The van der Waals surface area contributed by atoms with Crippen LogP contribution in [-0.4, -0.2) is 55.0 Å². The number of thioether (sulfide) groups is 1. The third-order valence-corrected chi connectivity index (χ3v) is 7.01. The molecule has 1 aliphatic rings. The minimum Gasteiger partial charge on any atom is -0.390 e. The summed E-state index contributed by atoms with van der Waals surface area (Å²) in [6.07, 6.45) is -4.10. The summed E-state index contributed by atoms with van der Waals surface area (Å²) in [7, 11) is -4.08. The number of aryl methyl sites for hydroxylation is 1. The van der Waals surface area contributed by atoms with Crippen molar-refractivity contribution in [2.45, 2.75) is 46.5 Å². The number of ether oxygens (including phenoxy) is 1. The van der Waals surface area contributed by atoms with Crippen LogP contribution in [0, 0.1) is 6.92 Å². The highest BCUT2D eigenvalue weighted by molar-refractivity contribution is 7.99. The molecule has 1 saturated heterocycles. The molecule has 160 valence electrons. The lowest BCUT2D eigenvalue weighted by Gasteiger charge is -2.40. The third kappa shape index (κ3) is 5.32. The average molecular weight is 452 g/mol. The van der Waals surface area contributed by atoms with E-state index in [0.29, 0.717) is 0 Å². The third-order valence-electron chi connectivity index (χ3n) is 4.55. The Balaban J connectivity index is 1.75. The van der Waals surface area contributed by atoms with E-state index in [4.69, 9.17) is 14.5 Å². The second-order valence-corrected chi connectivity index (χ2v) is 9.49. The zero-order valence-electron chi connectivity index (χ0n) is 16.0. The molecule has 1 fully saturated rings. The smallest absolute Gasteiger partial charge is 0.297 e. The van der Waals surface area contributed by atoms with Gasteiger partial charge in [0.25, 0.3) is 10.1 Å². The number of hydrogen-bond donors (Lipinski definition) is 2. The molecule has 1 aliphatic heterocycles. The van der Waals surface area contributed by atoms with Crippen LogP contribution < -0.4 is 0 Å². The zero-order valence-corrected chi connectivity index (χ0v) is 17.6. The van der Waals surface area contributed by atoms with Crippen LogP contribution in [0.15, 0.2) is 69.5 Å². The molecule has 2 N–H and O–H groups in total. The van der Waals surface area contributed by atoms with Gasteiger partial charge in [0.2, 0.25) is 0 Å². The van der Waals surface area contributed by atoms with Crippen LogP contribution in [0.4, 0.5) is 0 Å². The molecular weight excluding hydrogens is 430 g/mol. The van der Waals surface area contributed by atoms with E-state index in [1.165, 1.54) is 23.9 Å². The lowest BCUT2D eigenvalue weighted by Crippen LogP contribution is -2.57. The van der Waals surface area contributed by atoms with Crippen LogP contribution in [0.3, 0.4) is 0 Å². The van der Waals surface area contributed by atoms with Crippen molar-refractivity contribution >= 4 is 21.9 Å². The molecule has 0 radical (unpaired) electrons. The molecule has 0 bridgehead atoms. The van der Waals surface area contributed by atoms with Gasteiger partial charge in [0, 0.05) is 9.81 Å². The SMILES string of the molecule is Cc1ccc(S(=O)(=O)OCC2OC(Sc3ccccc3)C(N=[N+]=[N-])C(O)C2O)cc1. The van der Waals surface area contributed by atoms with Gasteiger partial charge < -0.3 is 14.9 Å². The van der Waals surface area contributed by atoms with E-state index in [1.807, 2.05) is 37.3 Å². The van der Waals surface area contributed by atoms with Crippen molar-refractivity contribution in [2.75, 3.05) is 6.61 Å². The van der Waals surface area contributed by atoms with E-state index in [2.05, 4.69) is 10.0 Å². The zero-order chi connectivity index (χ0) is 21.7. The quantitative estimate of drug-likeness (QED) is 0.285. The molecule has 11 heteroatoms. The van der Waals surface area contributed by atoms with E-state index in [9.17, 15) is 18.6 Å². The summed E-state index contributed by atoms with van der Waals surface area (Å²) in [5.74, 6) is 0. The van der Waals surface area contributed by atoms with E-state index in [-0.39, 0.29) is 4.90 Å². The summed E-state index contributed by atoms with van der Waals surface area (Å²) in [6.45, 7) is 1.32. The molecule has 0 saturated carbocycles. The Morgan fingerprint density at radius 2 is 1.80 bits per heavy atom. The molecule has 0 spiro atoms. The van der Waals surface area contributed by atoms with Crippen molar-refractivity contribution in [1.29, 1.82) is 0 Å². The van der Waals surface area contributed by atoms with Crippen LogP contribution in [0.1, 0.15) is 5.56 Å². The monoisotopic (exact) mass is 451 g/mol. The van der Waals surface area contributed by atoms with Crippen molar-refractivity contribution in [1.82, 2.24) is 0 Å². The summed E-state index contributed by atoms with van der Waals surface area (Å²) in [5.41, 5.74) is 8.87. The first-order chi connectivity index (χ1) is 14.3. The van der Waals surface area contributed by atoms with Gasteiger partial charge in [-0.25, -0.2) is 0 Å². The Hall–Kier alpha value is -2.11. The number of aliphatic hydroxyl groups excluding tert-OH is 2. The molecule has 3 rings (SSSR count). The Labute approximate surface area is 178 Å².